The predicted molar refractivity (Wildman–Crippen MR) is 105 cm³/mol. The Morgan fingerprint density at radius 3 is 2.82 bits per heavy atom. The van der Waals surface area contributed by atoms with Crippen molar-refractivity contribution in [3.8, 4) is 0 Å². The van der Waals surface area contributed by atoms with Gasteiger partial charge in [-0.15, -0.1) is 11.3 Å². The number of carbonyl (C=O) groups excluding carboxylic acids is 3. The molecule has 1 N–H and O–H groups in total. The average molecular weight is 399 g/mol. The fraction of sp³-hybridized carbons (Fsp3) is 0.381. The Morgan fingerprint density at radius 2 is 2.04 bits per heavy atom. The zero-order chi connectivity index (χ0) is 19.8. The summed E-state index contributed by atoms with van der Waals surface area (Å²) in [6.07, 6.45) is 3.16. The van der Waals surface area contributed by atoms with E-state index < -0.39 is 23.9 Å². The van der Waals surface area contributed by atoms with Gasteiger partial charge in [-0.1, -0.05) is 17.7 Å². The van der Waals surface area contributed by atoms with Crippen molar-refractivity contribution >= 4 is 34.2 Å². The molecule has 1 aromatic carbocycles. The number of anilines is 1. The van der Waals surface area contributed by atoms with Gasteiger partial charge in [0.2, 0.25) is 0 Å². The largest absolute Gasteiger partial charge is 0.465 e. The van der Waals surface area contributed by atoms with Gasteiger partial charge in [-0.2, -0.15) is 0 Å². The Labute approximate surface area is 166 Å². The van der Waals surface area contributed by atoms with Gasteiger partial charge in [0, 0.05) is 11.3 Å². The Bertz CT molecular complexity index is 977. The first-order valence-corrected chi connectivity index (χ1v) is 10.1. The smallest absolute Gasteiger partial charge is 0.341 e. The van der Waals surface area contributed by atoms with E-state index in [2.05, 4.69) is 5.32 Å². The van der Waals surface area contributed by atoms with Crippen LogP contribution in [0.1, 0.15) is 55.1 Å². The lowest BCUT2D eigenvalue weighted by atomic mass is 9.95. The predicted octanol–water partition coefficient (Wildman–Crippen LogP) is 3.44. The van der Waals surface area contributed by atoms with Crippen molar-refractivity contribution in [2.75, 3.05) is 12.4 Å². The number of esters is 2. The lowest BCUT2D eigenvalue weighted by Crippen LogP contribution is -2.38. The summed E-state index contributed by atoms with van der Waals surface area (Å²) >= 11 is 1.41. The quantitative estimate of drug-likeness (QED) is 0.800. The fourth-order valence-corrected chi connectivity index (χ4v) is 5.08. The van der Waals surface area contributed by atoms with Gasteiger partial charge in [-0.3, -0.25) is 4.79 Å². The molecule has 0 spiro atoms. The van der Waals surface area contributed by atoms with Crippen LogP contribution in [-0.2, 0) is 33.5 Å². The number of thiophene rings is 1. The molecule has 1 aromatic heterocycles. The van der Waals surface area contributed by atoms with Gasteiger partial charge in [0.15, 0.2) is 6.10 Å². The molecule has 146 valence electrons. The highest BCUT2D eigenvalue weighted by molar-refractivity contribution is 7.17. The Morgan fingerprint density at radius 1 is 1.25 bits per heavy atom. The molecular formula is C21H21NO5S. The number of carbonyl (C=O) groups is 3. The van der Waals surface area contributed by atoms with Crippen LogP contribution >= 0.6 is 11.3 Å². The molecule has 2 aromatic rings. The lowest BCUT2D eigenvalue weighted by molar-refractivity contribution is -0.125. The van der Waals surface area contributed by atoms with Crippen LogP contribution in [0.5, 0.6) is 0 Å². The minimum atomic E-state index is -0.924. The van der Waals surface area contributed by atoms with E-state index in [9.17, 15) is 14.4 Å². The van der Waals surface area contributed by atoms with Crippen molar-refractivity contribution in [2.45, 2.75) is 45.1 Å². The van der Waals surface area contributed by atoms with Gasteiger partial charge < -0.3 is 14.8 Å². The zero-order valence-electron chi connectivity index (χ0n) is 15.8. The number of aryl methyl sites for hydroxylation is 2. The van der Waals surface area contributed by atoms with Crippen molar-refractivity contribution in [1.29, 1.82) is 0 Å². The number of hydrogen-bond acceptors (Lipinski definition) is 6. The van der Waals surface area contributed by atoms with Crippen LogP contribution in [0.3, 0.4) is 0 Å². The van der Waals surface area contributed by atoms with E-state index in [1.165, 1.54) is 18.4 Å². The molecule has 2 aliphatic rings. The maximum absolute atomic E-state index is 12.8. The normalized spacial score (nSPS) is 17.9. The third-order valence-electron chi connectivity index (χ3n) is 5.23. The fourth-order valence-electron chi connectivity index (χ4n) is 3.80. The summed E-state index contributed by atoms with van der Waals surface area (Å²) in [4.78, 5) is 38.6. The van der Waals surface area contributed by atoms with E-state index in [0.29, 0.717) is 22.5 Å². The number of ether oxygens (including phenoxy) is 2. The molecule has 28 heavy (non-hydrogen) atoms. The van der Waals surface area contributed by atoms with Crippen LogP contribution in [0.15, 0.2) is 18.2 Å². The van der Waals surface area contributed by atoms with Crippen LogP contribution in [0.2, 0.25) is 0 Å². The molecular weight excluding hydrogens is 378 g/mol. The van der Waals surface area contributed by atoms with E-state index in [4.69, 9.17) is 9.47 Å². The Hall–Kier alpha value is -2.67. The highest BCUT2D eigenvalue weighted by Gasteiger charge is 2.33. The highest BCUT2D eigenvalue weighted by atomic mass is 32.1. The second kappa shape index (κ2) is 7.39. The van der Waals surface area contributed by atoms with Crippen LogP contribution in [0.4, 0.5) is 5.00 Å². The number of methoxy groups -OCH3 is 1. The molecule has 0 saturated heterocycles. The number of benzene rings is 1. The van der Waals surface area contributed by atoms with Gasteiger partial charge in [0.1, 0.15) is 5.00 Å². The molecule has 2 heterocycles. The standard InChI is InChI=1S/C21H21NO5S/c1-11-7-8-12-10-15(27-20(24)14(12)9-11)18(23)22-19-17(21(25)26-2)13-5-3-4-6-16(13)28-19/h7-9,15H,3-6,10H2,1-2H3,(H,22,23). The summed E-state index contributed by atoms with van der Waals surface area (Å²) in [6, 6.07) is 5.54. The Balaban J connectivity index is 1.59. The third-order valence-corrected chi connectivity index (χ3v) is 6.44. The second-order valence-electron chi connectivity index (χ2n) is 7.15. The first kappa shape index (κ1) is 18.7. The molecule has 1 aliphatic heterocycles. The SMILES string of the molecule is COC(=O)c1c(NC(=O)C2Cc3ccc(C)cc3C(=O)O2)sc2c1CCCC2. The summed E-state index contributed by atoms with van der Waals surface area (Å²) in [6.45, 7) is 1.90. The minimum absolute atomic E-state index is 0.311. The molecule has 1 amide bonds. The van der Waals surface area contributed by atoms with Gasteiger partial charge >= 0.3 is 11.9 Å². The van der Waals surface area contributed by atoms with E-state index in [1.54, 1.807) is 6.07 Å². The number of hydrogen-bond donors (Lipinski definition) is 1. The summed E-state index contributed by atoms with van der Waals surface area (Å²) in [5.41, 5.74) is 3.67. The number of rotatable bonds is 3. The number of amides is 1. The molecule has 6 nitrogen and oxygen atoms in total. The van der Waals surface area contributed by atoms with Gasteiger partial charge in [-0.25, -0.2) is 9.59 Å². The second-order valence-corrected chi connectivity index (χ2v) is 8.26. The maximum atomic E-state index is 12.8. The third kappa shape index (κ3) is 3.30. The summed E-state index contributed by atoms with van der Waals surface area (Å²) in [5, 5.41) is 3.30. The van der Waals surface area contributed by atoms with E-state index in [-0.39, 0.29) is 0 Å². The highest BCUT2D eigenvalue weighted by Crippen LogP contribution is 2.38. The molecule has 0 fully saturated rings. The van der Waals surface area contributed by atoms with Crippen LogP contribution in [0, 0.1) is 6.92 Å². The first-order valence-electron chi connectivity index (χ1n) is 9.32. The number of nitrogens with one attached hydrogen (secondary N) is 1. The van der Waals surface area contributed by atoms with Gasteiger partial charge in [0.25, 0.3) is 5.91 Å². The summed E-state index contributed by atoms with van der Waals surface area (Å²) in [5.74, 6) is -1.37. The minimum Gasteiger partial charge on any atom is -0.465 e. The zero-order valence-corrected chi connectivity index (χ0v) is 16.6. The van der Waals surface area contributed by atoms with E-state index in [1.807, 2.05) is 19.1 Å². The van der Waals surface area contributed by atoms with E-state index >= 15 is 0 Å². The Kier molecular flexibility index (Phi) is 4.93. The monoisotopic (exact) mass is 399 g/mol. The van der Waals surface area contributed by atoms with Crippen molar-refractivity contribution < 1.29 is 23.9 Å². The molecule has 1 atom stereocenters. The van der Waals surface area contributed by atoms with Crippen LogP contribution < -0.4 is 5.32 Å². The summed E-state index contributed by atoms with van der Waals surface area (Å²) in [7, 11) is 1.34. The van der Waals surface area contributed by atoms with Crippen LogP contribution in [-0.4, -0.2) is 31.1 Å². The van der Waals surface area contributed by atoms with E-state index in [0.717, 1.165) is 47.3 Å². The molecule has 0 radical (unpaired) electrons. The van der Waals surface area contributed by atoms with Crippen molar-refractivity contribution in [1.82, 2.24) is 0 Å². The van der Waals surface area contributed by atoms with Crippen molar-refractivity contribution in [3.05, 3.63) is 50.9 Å². The van der Waals surface area contributed by atoms with Crippen molar-refractivity contribution in [3.63, 3.8) is 0 Å². The first-order chi connectivity index (χ1) is 13.5. The molecule has 4 rings (SSSR count). The summed E-state index contributed by atoms with van der Waals surface area (Å²) < 4.78 is 10.3. The van der Waals surface area contributed by atoms with Crippen molar-refractivity contribution in [2.24, 2.45) is 0 Å². The molecule has 1 aliphatic carbocycles. The maximum Gasteiger partial charge on any atom is 0.341 e. The number of cyclic esters (lactones) is 1. The van der Waals surface area contributed by atoms with Crippen LogP contribution in [0.25, 0.3) is 0 Å². The molecule has 7 heteroatoms. The lowest BCUT2D eigenvalue weighted by Gasteiger charge is -2.24. The topological polar surface area (TPSA) is 81.7 Å². The molecule has 1 unspecified atom stereocenters. The average Bonchev–Trinajstić information content (AvgIpc) is 3.05. The van der Waals surface area contributed by atoms with Gasteiger partial charge in [-0.05, 0) is 49.8 Å². The number of fused-ring (bicyclic) bond motifs is 2. The molecule has 0 saturated carbocycles. The van der Waals surface area contributed by atoms with Gasteiger partial charge in [0.05, 0.1) is 18.2 Å². The molecule has 0 bridgehead atoms.